The molecule has 0 aliphatic rings. The highest BCUT2D eigenvalue weighted by Gasteiger charge is 2.17. The number of pyridine rings is 2. The van der Waals surface area contributed by atoms with Crippen molar-refractivity contribution in [1.29, 1.82) is 0 Å². The van der Waals surface area contributed by atoms with Crippen LogP contribution in [0, 0.1) is 0 Å². The van der Waals surface area contributed by atoms with Gasteiger partial charge in [0.05, 0.1) is 0 Å². The zero-order valence-corrected chi connectivity index (χ0v) is 13.1. The molecule has 0 spiro atoms. The second-order valence-electron chi connectivity index (χ2n) is 4.84. The van der Waals surface area contributed by atoms with E-state index in [4.69, 9.17) is 16.7 Å². The van der Waals surface area contributed by atoms with E-state index in [2.05, 4.69) is 20.0 Å². The Morgan fingerprint density at radius 1 is 1.39 bits per heavy atom. The summed E-state index contributed by atoms with van der Waals surface area (Å²) in [6, 6.07) is 4.43. The minimum Gasteiger partial charge on any atom is -0.432 e. The number of hydrogen-bond acceptors (Lipinski definition) is 5. The average Bonchev–Trinajstić information content (AvgIpc) is 2.48. The molecule has 0 fully saturated rings. The Bertz CT molecular complexity index is 658. The second kappa shape index (κ2) is 8.03. The molecule has 1 atom stereocenters. The summed E-state index contributed by atoms with van der Waals surface area (Å²) in [5.74, 6) is -0.0514. The first kappa shape index (κ1) is 17.4. The first-order valence-corrected chi connectivity index (χ1v) is 7.32. The molecular weight excluding hydrogens is 328 g/mol. The highest BCUT2D eigenvalue weighted by Crippen LogP contribution is 2.35. The fourth-order valence-corrected chi connectivity index (χ4v) is 2.21. The molecule has 2 N–H and O–H groups in total. The Kier molecular flexibility index (Phi) is 6.06. The van der Waals surface area contributed by atoms with Crippen molar-refractivity contribution in [3.8, 4) is 17.0 Å². The quantitative estimate of drug-likeness (QED) is 0.752. The lowest BCUT2D eigenvalue weighted by Crippen LogP contribution is -2.17. The van der Waals surface area contributed by atoms with Gasteiger partial charge in [0.15, 0.2) is 5.75 Å². The number of hydrogen-bond donors (Lipinski definition) is 2. The van der Waals surface area contributed by atoms with Crippen LogP contribution >= 0.6 is 11.6 Å². The van der Waals surface area contributed by atoms with Crippen LogP contribution in [-0.4, -0.2) is 34.3 Å². The lowest BCUT2D eigenvalue weighted by molar-refractivity contribution is -0.0496. The molecule has 23 heavy (non-hydrogen) atoms. The SMILES string of the molecule is C[C@@H](CCO)Nc1cc(Cl)ncc1-c1ncccc1OC(F)F. The highest BCUT2D eigenvalue weighted by molar-refractivity contribution is 6.29. The van der Waals surface area contributed by atoms with Gasteiger partial charge in [0.1, 0.15) is 10.8 Å². The van der Waals surface area contributed by atoms with E-state index >= 15 is 0 Å². The van der Waals surface area contributed by atoms with E-state index in [1.54, 1.807) is 6.07 Å². The number of alkyl halides is 2. The third kappa shape index (κ3) is 4.74. The van der Waals surface area contributed by atoms with Crippen LogP contribution in [0.4, 0.5) is 14.5 Å². The highest BCUT2D eigenvalue weighted by atomic mass is 35.5. The average molecular weight is 344 g/mol. The van der Waals surface area contributed by atoms with Gasteiger partial charge in [0.25, 0.3) is 0 Å². The number of aromatic nitrogens is 2. The molecular formula is C15H16ClF2N3O2. The largest absolute Gasteiger partial charge is 0.432 e. The van der Waals surface area contributed by atoms with Crippen LogP contribution in [0.1, 0.15) is 13.3 Å². The van der Waals surface area contributed by atoms with E-state index < -0.39 is 6.61 Å². The molecule has 0 aliphatic carbocycles. The normalized spacial score (nSPS) is 12.3. The van der Waals surface area contributed by atoms with E-state index in [-0.39, 0.29) is 29.2 Å². The topological polar surface area (TPSA) is 67.3 Å². The predicted octanol–water partition coefficient (Wildman–Crippen LogP) is 3.58. The summed E-state index contributed by atoms with van der Waals surface area (Å²) in [4.78, 5) is 8.10. The smallest absolute Gasteiger partial charge is 0.387 e. The summed E-state index contributed by atoms with van der Waals surface area (Å²) >= 11 is 5.92. The van der Waals surface area contributed by atoms with E-state index in [0.717, 1.165) is 0 Å². The summed E-state index contributed by atoms with van der Waals surface area (Å²) in [6.07, 6.45) is 3.43. The van der Waals surface area contributed by atoms with E-state index in [0.29, 0.717) is 17.7 Å². The van der Waals surface area contributed by atoms with Gasteiger partial charge in [-0.05, 0) is 31.5 Å². The molecule has 124 valence electrons. The molecule has 2 aromatic heterocycles. The molecule has 0 saturated heterocycles. The number of rotatable bonds is 7. The summed E-state index contributed by atoms with van der Waals surface area (Å²) in [7, 11) is 0. The van der Waals surface area contributed by atoms with Crippen molar-refractivity contribution in [3.05, 3.63) is 35.7 Å². The number of ether oxygens (including phenoxy) is 1. The van der Waals surface area contributed by atoms with Crippen molar-refractivity contribution in [2.75, 3.05) is 11.9 Å². The van der Waals surface area contributed by atoms with Gasteiger partial charge < -0.3 is 15.2 Å². The van der Waals surface area contributed by atoms with Gasteiger partial charge in [-0.2, -0.15) is 8.78 Å². The second-order valence-corrected chi connectivity index (χ2v) is 5.23. The van der Waals surface area contributed by atoms with Crippen molar-refractivity contribution in [2.45, 2.75) is 26.0 Å². The van der Waals surface area contributed by atoms with Crippen molar-refractivity contribution >= 4 is 17.3 Å². The Balaban J connectivity index is 2.43. The van der Waals surface area contributed by atoms with E-state index in [1.807, 2.05) is 6.92 Å². The number of aliphatic hydroxyl groups is 1. The Morgan fingerprint density at radius 2 is 2.17 bits per heavy atom. The molecule has 5 nitrogen and oxygen atoms in total. The standard InChI is InChI=1S/C15H16ClF2N3O2/c1-9(4-6-22)21-11-7-13(16)20-8-10(11)14-12(23-15(17)18)3-2-5-19-14/h2-3,5,7-9,15,22H,4,6H2,1H3,(H,20,21)/t9-/m0/s1. The molecule has 2 rings (SSSR count). The van der Waals surface area contributed by atoms with Gasteiger partial charge in [0.2, 0.25) is 0 Å². The van der Waals surface area contributed by atoms with Gasteiger partial charge in [0, 0.05) is 36.3 Å². The number of nitrogens with one attached hydrogen (secondary N) is 1. The van der Waals surface area contributed by atoms with Crippen LogP contribution in [0.25, 0.3) is 11.3 Å². The number of halogens is 3. The fraction of sp³-hybridized carbons (Fsp3) is 0.333. The third-order valence-electron chi connectivity index (χ3n) is 3.08. The van der Waals surface area contributed by atoms with Crippen LogP contribution in [0.3, 0.4) is 0 Å². The first-order valence-electron chi connectivity index (χ1n) is 6.94. The zero-order valence-electron chi connectivity index (χ0n) is 12.3. The van der Waals surface area contributed by atoms with Crippen LogP contribution in [0.5, 0.6) is 5.75 Å². The molecule has 0 aliphatic heterocycles. The number of nitrogens with zero attached hydrogens (tertiary/aromatic N) is 2. The van der Waals surface area contributed by atoms with Crippen LogP contribution in [-0.2, 0) is 0 Å². The molecule has 0 bridgehead atoms. The zero-order chi connectivity index (χ0) is 16.8. The van der Waals surface area contributed by atoms with Crippen LogP contribution < -0.4 is 10.1 Å². The minimum atomic E-state index is -2.96. The van der Waals surface area contributed by atoms with Gasteiger partial charge >= 0.3 is 6.61 Å². The van der Waals surface area contributed by atoms with E-state index in [9.17, 15) is 8.78 Å². The predicted molar refractivity (Wildman–Crippen MR) is 83.9 cm³/mol. The summed E-state index contributed by atoms with van der Waals surface area (Å²) in [5, 5.41) is 12.4. The molecule has 2 heterocycles. The van der Waals surface area contributed by atoms with Crippen molar-refractivity contribution in [2.24, 2.45) is 0 Å². The molecule has 0 aromatic carbocycles. The maximum absolute atomic E-state index is 12.6. The molecule has 0 amide bonds. The summed E-state index contributed by atoms with van der Waals surface area (Å²) < 4.78 is 29.6. The van der Waals surface area contributed by atoms with E-state index in [1.165, 1.54) is 24.5 Å². The van der Waals surface area contributed by atoms with Gasteiger partial charge in [-0.15, -0.1) is 0 Å². The lowest BCUT2D eigenvalue weighted by Gasteiger charge is -2.18. The monoisotopic (exact) mass is 343 g/mol. The fourth-order valence-electron chi connectivity index (χ4n) is 2.05. The maximum Gasteiger partial charge on any atom is 0.387 e. The van der Waals surface area contributed by atoms with Gasteiger partial charge in [-0.3, -0.25) is 4.98 Å². The first-order chi connectivity index (χ1) is 11.0. The Hall–Kier alpha value is -1.99. The number of anilines is 1. The molecule has 0 saturated carbocycles. The van der Waals surface area contributed by atoms with Crippen molar-refractivity contribution in [1.82, 2.24) is 9.97 Å². The van der Waals surface area contributed by atoms with Crippen LogP contribution in [0.15, 0.2) is 30.6 Å². The lowest BCUT2D eigenvalue weighted by atomic mass is 10.1. The molecule has 0 unspecified atom stereocenters. The van der Waals surface area contributed by atoms with Gasteiger partial charge in [-0.1, -0.05) is 11.6 Å². The molecule has 8 heteroatoms. The van der Waals surface area contributed by atoms with Crippen LogP contribution in [0.2, 0.25) is 5.15 Å². The summed E-state index contributed by atoms with van der Waals surface area (Å²) in [5.41, 5.74) is 1.29. The Labute approximate surface area is 137 Å². The molecule has 2 aromatic rings. The minimum absolute atomic E-state index is 0.0195. The Morgan fingerprint density at radius 3 is 2.87 bits per heavy atom. The summed E-state index contributed by atoms with van der Waals surface area (Å²) in [6.45, 7) is -1.06. The molecule has 0 radical (unpaired) electrons. The number of aliphatic hydroxyl groups excluding tert-OH is 1. The van der Waals surface area contributed by atoms with Crippen molar-refractivity contribution < 1.29 is 18.6 Å². The van der Waals surface area contributed by atoms with Gasteiger partial charge in [-0.25, -0.2) is 4.98 Å². The third-order valence-corrected chi connectivity index (χ3v) is 3.28. The van der Waals surface area contributed by atoms with Crippen molar-refractivity contribution in [3.63, 3.8) is 0 Å². The maximum atomic E-state index is 12.6.